The highest BCUT2D eigenvalue weighted by Crippen LogP contribution is 2.17. The largest absolute Gasteiger partial charge is 0.344 e. The van der Waals surface area contributed by atoms with E-state index >= 15 is 0 Å². The molecular weight excluding hydrogens is 360 g/mol. The first kappa shape index (κ1) is 19.4. The van der Waals surface area contributed by atoms with Crippen LogP contribution in [0.4, 0.5) is 5.69 Å². The normalized spacial score (nSPS) is 11.0. The second-order valence-electron chi connectivity index (χ2n) is 6.71. The van der Waals surface area contributed by atoms with Gasteiger partial charge in [-0.3, -0.25) is 23.4 Å². The Hall–Kier alpha value is -3.36. The van der Waals surface area contributed by atoms with E-state index in [4.69, 9.17) is 0 Å². The average molecular weight is 384 g/mol. The van der Waals surface area contributed by atoms with Gasteiger partial charge in [-0.15, -0.1) is 0 Å². The molecule has 0 aliphatic carbocycles. The van der Waals surface area contributed by atoms with Crippen molar-refractivity contribution < 1.29 is 9.59 Å². The zero-order valence-corrected chi connectivity index (χ0v) is 16.7. The molecule has 2 amide bonds. The number of nitrogens with zero attached hydrogens (tertiary/aromatic N) is 4. The Balaban J connectivity index is 1.70. The molecule has 148 valence electrons. The van der Waals surface area contributed by atoms with Crippen LogP contribution in [0.1, 0.15) is 23.9 Å². The number of carbonyl (C=O) groups is 2. The molecule has 0 aliphatic heterocycles. The minimum atomic E-state index is -0.765. The standard InChI is InChI=1S/C19H24N6O3/c1-6-25-12(3)14(11(2)22-25)10-20-17(26)18(27)21-13-7-8-15-16(9-13)24(5)19(28)23(15)4/h7-9H,6,10H2,1-5H3,(H,20,26)(H,21,27). The first-order valence-corrected chi connectivity index (χ1v) is 9.02. The number of hydrogen-bond acceptors (Lipinski definition) is 4. The van der Waals surface area contributed by atoms with E-state index in [0.29, 0.717) is 11.2 Å². The van der Waals surface area contributed by atoms with Crippen molar-refractivity contribution in [3.63, 3.8) is 0 Å². The summed E-state index contributed by atoms with van der Waals surface area (Å²) in [6.45, 7) is 6.78. The van der Waals surface area contributed by atoms with Gasteiger partial charge >= 0.3 is 17.5 Å². The second-order valence-corrected chi connectivity index (χ2v) is 6.71. The van der Waals surface area contributed by atoms with E-state index in [-0.39, 0.29) is 12.2 Å². The molecule has 2 N–H and O–H groups in total. The van der Waals surface area contributed by atoms with Gasteiger partial charge in [0.2, 0.25) is 0 Å². The summed E-state index contributed by atoms with van der Waals surface area (Å²) in [7, 11) is 3.34. The molecule has 9 nitrogen and oxygen atoms in total. The maximum Gasteiger partial charge on any atom is 0.328 e. The predicted octanol–water partition coefficient (Wildman–Crippen LogP) is 0.965. The van der Waals surface area contributed by atoms with E-state index in [1.54, 1.807) is 32.3 Å². The van der Waals surface area contributed by atoms with Crippen LogP contribution in [0.15, 0.2) is 23.0 Å². The molecule has 0 saturated carbocycles. The zero-order chi connectivity index (χ0) is 20.6. The molecule has 0 bridgehead atoms. The van der Waals surface area contributed by atoms with Gasteiger partial charge in [0, 0.05) is 44.1 Å². The SMILES string of the molecule is CCn1nc(C)c(CNC(=O)C(=O)Nc2ccc3c(c2)n(C)c(=O)n3C)c1C. The average Bonchev–Trinajstić information content (AvgIpc) is 3.07. The Morgan fingerprint density at radius 2 is 1.75 bits per heavy atom. The second kappa shape index (κ2) is 7.34. The number of hydrogen-bond donors (Lipinski definition) is 2. The summed E-state index contributed by atoms with van der Waals surface area (Å²) < 4.78 is 4.87. The predicted molar refractivity (Wildman–Crippen MR) is 106 cm³/mol. The number of imidazole rings is 1. The van der Waals surface area contributed by atoms with Gasteiger partial charge in [-0.25, -0.2) is 4.79 Å². The van der Waals surface area contributed by atoms with Crippen molar-refractivity contribution in [2.75, 3.05) is 5.32 Å². The number of fused-ring (bicyclic) bond motifs is 1. The van der Waals surface area contributed by atoms with Gasteiger partial charge in [0.05, 0.1) is 16.7 Å². The van der Waals surface area contributed by atoms with E-state index in [1.807, 2.05) is 25.5 Å². The molecule has 2 aromatic heterocycles. The summed E-state index contributed by atoms with van der Waals surface area (Å²) in [6.07, 6.45) is 0. The quantitative estimate of drug-likeness (QED) is 0.654. The van der Waals surface area contributed by atoms with E-state index in [9.17, 15) is 14.4 Å². The van der Waals surface area contributed by atoms with Crippen LogP contribution in [-0.4, -0.2) is 30.7 Å². The molecule has 3 rings (SSSR count). The third-order valence-corrected chi connectivity index (χ3v) is 4.99. The molecule has 0 radical (unpaired) electrons. The number of rotatable bonds is 4. The fourth-order valence-electron chi connectivity index (χ4n) is 3.32. The Morgan fingerprint density at radius 3 is 2.39 bits per heavy atom. The third kappa shape index (κ3) is 3.30. The number of aromatic nitrogens is 4. The highest BCUT2D eigenvalue weighted by atomic mass is 16.2. The topological polar surface area (TPSA) is 103 Å². The van der Waals surface area contributed by atoms with Crippen molar-refractivity contribution in [3.8, 4) is 0 Å². The fraction of sp³-hybridized carbons (Fsp3) is 0.368. The number of aryl methyl sites for hydroxylation is 4. The third-order valence-electron chi connectivity index (χ3n) is 4.99. The van der Waals surface area contributed by atoms with Crippen LogP contribution < -0.4 is 16.3 Å². The molecule has 0 unspecified atom stereocenters. The molecule has 0 spiro atoms. The lowest BCUT2D eigenvalue weighted by Gasteiger charge is -2.08. The number of nitrogens with one attached hydrogen (secondary N) is 2. The van der Waals surface area contributed by atoms with Crippen LogP contribution in [0.5, 0.6) is 0 Å². The summed E-state index contributed by atoms with van der Waals surface area (Å²) in [5.74, 6) is -1.50. The summed E-state index contributed by atoms with van der Waals surface area (Å²) in [5, 5.41) is 9.61. The van der Waals surface area contributed by atoms with Gasteiger partial charge in [0.1, 0.15) is 0 Å². The fourth-order valence-corrected chi connectivity index (χ4v) is 3.32. The molecule has 9 heteroatoms. The van der Waals surface area contributed by atoms with Crippen LogP contribution in [0, 0.1) is 13.8 Å². The number of carbonyl (C=O) groups excluding carboxylic acids is 2. The number of anilines is 1. The lowest BCUT2D eigenvalue weighted by molar-refractivity contribution is -0.136. The molecule has 28 heavy (non-hydrogen) atoms. The zero-order valence-electron chi connectivity index (χ0n) is 16.7. The molecule has 3 aromatic rings. The maximum absolute atomic E-state index is 12.2. The molecule has 0 atom stereocenters. The molecule has 2 heterocycles. The van der Waals surface area contributed by atoms with E-state index in [1.165, 1.54) is 9.13 Å². The molecule has 0 aliphatic rings. The summed E-state index contributed by atoms with van der Waals surface area (Å²) in [4.78, 5) is 36.4. The van der Waals surface area contributed by atoms with E-state index in [0.717, 1.165) is 29.0 Å². The highest BCUT2D eigenvalue weighted by molar-refractivity contribution is 6.39. The first-order valence-electron chi connectivity index (χ1n) is 9.02. The molecule has 0 saturated heterocycles. The lowest BCUT2D eigenvalue weighted by atomic mass is 10.2. The maximum atomic E-state index is 12.2. The Bertz CT molecular complexity index is 1130. The van der Waals surface area contributed by atoms with Crippen LogP contribution >= 0.6 is 0 Å². The first-order chi connectivity index (χ1) is 13.2. The Morgan fingerprint density at radius 1 is 1.07 bits per heavy atom. The minimum absolute atomic E-state index is 0.158. The molecular formula is C19H24N6O3. The van der Waals surface area contributed by atoms with Crippen molar-refractivity contribution in [2.45, 2.75) is 33.9 Å². The van der Waals surface area contributed by atoms with Gasteiger partial charge in [0.15, 0.2) is 0 Å². The van der Waals surface area contributed by atoms with E-state index < -0.39 is 11.8 Å². The Kier molecular flexibility index (Phi) is 5.08. The van der Waals surface area contributed by atoms with E-state index in [2.05, 4.69) is 15.7 Å². The highest BCUT2D eigenvalue weighted by Gasteiger charge is 2.17. The van der Waals surface area contributed by atoms with Crippen molar-refractivity contribution in [1.82, 2.24) is 24.2 Å². The molecule has 1 aromatic carbocycles. The minimum Gasteiger partial charge on any atom is -0.344 e. The summed E-state index contributed by atoms with van der Waals surface area (Å²) in [6, 6.07) is 5.06. The number of benzene rings is 1. The van der Waals surface area contributed by atoms with Crippen molar-refractivity contribution in [3.05, 3.63) is 45.6 Å². The summed E-state index contributed by atoms with van der Waals surface area (Å²) in [5.41, 5.74) is 4.41. The van der Waals surface area contributed by atoms with Gasteiger partial charge in [-0.05, 0) is 39.0 Å². The van der Waals surface area contributed by atoms with Gasteiger partial charge in [-0.2, -0.15) is 5.10 Å². The van der Waals surface area contributed by atoms with Crippen LogP contribution in [0.2, 0.25) is 0 Å². The van der Waals surface area contributed by atoms with Gasteiger partial charge in [0.25, 0.3) is 0 Å². The Labute approximate surface area is 161 Å². The van der Waals surface area contributed by atoms with Crippen LogP contribution in [0.25, 0.3) is 11.0 Å². The van der Waals surface area contributed by atoms with Crippen LogP contribution in [-0.2, 0) is 36.8 Å². The van der Waals surface area contributed by atoms with Crippen molar-refractivity contribution in [2.24, 2.45) is 14.1 Å². The van der Waals surface area contributed by atoms with Gasteiger partial charge < -0.3 is 10.6 Å². The molecule has 0 fully saturated rings. The summed E-state index contributed by atoms with van der Waals surface area (Å²) >= 11 is 0. The van der Waals surface area contributed by atoms with Crippen molar-refractivity contribution >= 4 is 28.5 Å². The van der Waals surface area contributed by atoms with Crippen molar-refractivity contribution in [1.29, 1.82) is 0 Å². The lowest BCUT2D eigenvalue weighted by Crippen LogP contribution is -2.35. The monoisotopic (exact) mass is 384 g/mol. The van der Waals surface area contributed by atoms with Crippen LogP contribution in [0.3, 0.4) is 0 Å². The smallest absolute Gasteiger partial charge is 0.328 e. The number of amides is 2. The van der Waals surface area contributed by atoms with Gasteiger partial charge in [-0.1, -0.05) is 0 Å².